The number of imidazole rings is 1. The Morgan fingerprint density at radius 1 is 1.16 bits per heavy atom. The lowest BCUT2D eigenvalue weighted by atomic mass is 9.82. The molecule has 0 bridgehead atoms. The average molecular weight is 439 g/mol. The minimum Gasteiger partial charge on any atom is -0.453 e. The van der Waals surface area contributed by atoms with Gasteiger partial charge in [0, 0.05) is 41.8 Å². The van der Waals surface area contributed by atoms with Crippen LogP contribution in [0.3, 0.4) is 0 Å². The van der Waals surface area contributed by atoms with Gasteiger partial charge in [-0.15, -0.1) is 0 Å². The molecule has 2 aliphatic rings. The summed E-state index contributed by atoms with van der Waals surface area (Å²) in [5.74, 6) is -1.08. The van der Waals surface area contributed by atoms with Gasteiger partial charge in [0.15, 0.2) is 21.8 Å². The van der Waals surface area contributed by atoms with Gasteiger partial charge in [0.25, 0.3) is 0 Å². The van der Waals surface area contributed by atoms with Crippen LogP contribution in [-0.4, -0.2) is 33.8 Å². The standard InChI is InChI=1S/C21H15F2N5O2S/c22-9-3-11(23)20-12(4-9)27-21(28-20)31-17-2-1-16(30-17)18-10-5-24-6-13(10)26-14-7-25-8-15(29)19(14)18/h1-6,18,24-26H,7-8H2,(H,27,28). The molecule has 0 radical (unpaired) electrons. The third-order valence-electron chi connectivity index (χ3n) is 5.44. The van der Waals surface area contributed by atoms with Crippen molar-refractivity contribution in [1.82, 2.24) is 20.3 Å². The molecule has 10 heteroatoms. The largest absolute Gasteiger partial charge is 0.453 e. The summed E-state index contributed by atoms with van der Waals surface area (Å²) in [5, 5.41) is 7.32. The molecule has 4 aromatic rings. The summed E-state index contributed by atoms with van der Waals surface area (Å²) >= 11 is 1.17. The van der Waals surface area contributed by atoms with Crippen molar-refractivity contribution in [2.24, 2.45) is 0 Å². The van der Waals surface area contributed by atoms with Crippen LogP contribution in [0.25, 0.3) is 11.0 Å². The molecular formula is C21H15F2N5O2S. The van der Waals surface area contributed by atoms with Gasteiger partial charge in [-0.25, -0.2) is 13.8 Å². The molecule has 0 aliphatic carbocycles. The number of halogens is 2. The van der Waals surface area contributed by atoms with Crippen molar-refractivity contribution in [3.8, 4) is 0 Å². The van der Waals surface area contributed by atoms with Crippen molar-refractivity contribution in [2.75, 3.05) is 18.4 Å². The van der Waals surface area contributed by atoms with Gasteiger partial charge in [-0.2, -0.15) is 0 Å². The average Bonchev–Trinajstić information content (AvgIpc) is 3.46. The monoisotopic (exact) mass is 439 g/mol. The van der Waals surface area contributed by atoms with Crippen LogP contribution in [0.1, 0.15) is 17.2 Å². The molecule has 1 aromatic carbocycles. The smallest absolute Gasteiger partial charge is 0.175 e. The molecule has 31 heavy (non-hydrogen) atoms. The number of ketones is 1. The minimum absolute atomic E-state index is 0.0194. The van der Waals surface area contributed by atoms with Crippen molar-refractivity contribution in [3.63, 3.8) is 0 Å². The lowest BCUT2D eigenvalue weighted by Gasteiger charge is -2.31. The van der Waals surface area contributed by atoms with E-state index in [9.17, 15) is 13.6 Å². The summed E-state index contributed by atoms with van der Waals surface area (Å²) in [7, 11) is 0. The lowest BCUT2D eigenvalue weighted by molar-refractivity contribution is -0.115. The minimum atomic E-state index is -0.725. The number of anilines is 1. The molecule has 156 valence electrons. The Kier molecular flexibility index (Phi) is 4.05. The molecule has 2 aliphatic heterocycles. The van der Waals surface area contributed by atoms with E-state index in [1.165, 1.54) is 17.8 Å². The Morgan fingerprint density at radius 2 is 2.06 bits per heavy atom. The van der Waals surface area contributed by atoms with Crippen molar-refractivity contribution >= 4 is 34.3 Å². The Labute approximate surface area is 178 Å². The normalized spacial score (nSPS) is 18.3. The zero-order chi connectivity index (χ0) is 21.1. The zero-order valence-corrected chi connectivity index (χ0v) is 16.7. The molecule has 1 unspecified atom stereocenters. The van der Waals surface area contributed by atoms with Gasteiger partial charge in [-0.1, -0.05) is 0 Å². The second-order valence-electron chi connectivity index (χ2n) is 7.39. The number of nitrogens with zero attached hydrogens (tertiary/aromatic N) is 1. The summed E-state index contributed by atoms with van der Waals surface area (Å²) in [5.41, 5.74) is 3.71. The van der Waals surface area contributed by atoms with Gasteiger partial charge in [0.05, 0.1) is 23.7 Å². The number of Topliss-reactive ketones (excluding diaryl/α,β-unsaturated/α-hetero) is 1. The van der Waals surface area contributed by atoms with Crippen LogP contribution in [0.2, 0.25) is 0 Å². The first-order valence-corrected chi connectivity index (χ1v) is 10.4. The first-order valence-electron chi connectivity index (χ1n) is 9.60. The molecule has 7 nitrogen and oxygen atoms in total. The first-order chi connectivity index (χ1) is 15.1. The number of carbonyl (C=O) groups excluding carboxylic acids is 1. The summed E-state index contributed by atoms with van der Waals surface area (Å²) in [4.78, 5) is 22.9. The predicted octanol–water partition coefficient (Wildman–Crippen LogP) is 3.90. The lowest BCUT2D eigenvalue weighted by Crippen LogP contribution is -2.39. The summed E-state index contributed by atoms with van der Waals surface area (Å²) in [6, 6.07) is 5.61. The molecule has 0 saturated carbocycles. The topological polar surface area (TPSA) is 98.7 Å². The Balaban J connectivity index is 1.36. The summed E-state index contributed by atoms with van der Waals surface area (Å²) in [6.07, 6.45) is 3.71. The van der Waals surface area contributed by atoms with Crippen molar-refractivity contribution in [2.45, 2.75) is 16.2 Å². The fourth-order valence-electron chi connectivity index (χ4n) is 4.15. The maximum absolute atomic E-state index is 13.9. The van der Waals surface area contributed by atoms with Crippen LogP contribution in [-0.2, 0) is 4.79 Å². The quantitative estimate of drug-likeness (QED) is 0.387. The fraction of sp³-hybridized carbons (Fsp3) is 0.143. The Hall–Kier alpha value is -3.37. The third-order valence-corrected chi connectivity index (χ3v) is 6.25. The number of furan rings is 1. The highest BCUT2D eigenvalue weighted by Gasteiger charge is 2.37. The van der Waals surface area contributed by atoms with Gasteiger partial charge in [0.1, 0.15) is 17.1 Å². The van der Waals surface area contributed by atoms with E-state index in [-0.39, 0.29) is 29.3 Å². The van der Waals surface area contributed by atoms with Gasteiger partial charge < -0.3 is 25.0 Å². The molecule has 1 atom stereocenters. The number of hydrogen-bond donors (Lipinski definition) is 4. The van der Waals surface area contributed by atoms with Crippen molar-refractivity contribution < 1.29 is 18.0 Å². The van der Waals surface area contributed by atoms with E-state index < -0.39 is 11.6 Å². The van der Waals surface area contributed by atoms with Gasteiger partial charge in [0.2, 0.25) is 0 Å². The highest BCUT2D eigenvalue weighted by Crippen LogP contribution is 2.44. The molecule has 0 amide bonds. The Morgan fingerprint density at radius 3 is 2.97 bits per heavy atom. The number of aromatic nitrogens is 3. The second-order valence-corrected chi connectivity index (χ2v) is 8.38. The van der Waals surface area contributed by atoms with Gasteiger partial charge in [-0.05, 0) is 30.0 Å². The van der Waals surface area contributed by atoms with E-state index in [0.717, 1.165) is 23.0 Å². The molecule has 4 N–H and O–H groups in total. The molecule has 0 saturated heterocycles. The van der Waals surface area contributed by atoms with E-state index in [1.807, 2.05) is 18.5 Å². The highest BCUT2D eigenvalue weighted by atomic mass is 32.2. The van der Waals surface area contributed by atoms with Gasteiger partial charge >= 0.3 is 0 Å². The van der Waals surface area contributed by atoms with Crippen LogP contribution in [0, 0.1) is 11.6 Å². The number of H-pyrrole nitrogens is 2. The van der Waals surface area contributed by atoms with E-state index in [4.69, 9.17) is 4.42 Å². The number of fused-ring (bicyclic) bond motifs is 2. The maximum Gasteiger partial charge on any atom is 0.175 e. The van der Waals surface area contributed by atoms with Crippen molar-refractivity contribution in [1.29, 1.82) is 0 Å². The molecular weight excluding hydrogens is 424 g/mol. The first kappa shape index (κ1) is 18.4. The summed E-state index contributed by atoms with van der Waals surface area (Å²) in [6.45, 7) is 0.853. The number of carbonyl (C=O) groups is 1. The number of hydrogen-bond acceptors (Lipinski definition) is 6. The van der Waals surface area contributed by atoms with E-state index >= 15 is 0 Å². The van der Waals surface area contributed by atoms with E-state index in [2.05, 4.69) is 25.6 Å². The second kappa shape index (κ2) is 6.82. The fourth-order valence-corrected chi connectivity index (χ4v) is 4.91. The van der Waals surface area contributed by atoms with Gasteiger partial charge in [-0.3, -0.25) is 4.79 Å². The number of nitrogens with one attached hydrogen (secondary N) is 4. The number of aromatic amines is 2. The van der Waals surface area contributed by atoms with Crippen LogP contribution < -0.4 is 10.6 Å². The summed E-state index contributed by atoms with van der Waals surface area (Å²) < 4.78 is 33.5. The van der Waals surface area contributed by atoms with E-state index in [1.54, 1.807) is 6.07 Å². The van der Waals surface area contributed by atoms with Crippen LogP contribution in [0.4, 0.5) is 14.5 Å². The molecule has 5 heterocycles. The SMILES string of the molecule is O=C1CNCC2=C1C(c1ccc(Sc3nc4c(F)cc(F)cc4[nH]3)o1)c1c[nH]cc1N2. The maximum atomic E-state index is 13.9. The number of rotatable bonds is 3. The molecule has 0 fully saturated rings. The van der Waals surface area contributed by atoms with E-state index in [0.29, 0.717) is 28.1 Å². The highest BCUT2D eigenvalue weighted by molar-refractivity contribution is 7.99. The Bertz CT molecular complexity index is 1390. The van der Waals surface area contributed by atoms with Crippen LogP contribution in [0.15, 0.2) is 62.6 Å². The third kappa shape index (κ3) is 2.98. The number of benzene rings is 1. The molecule has 6 rings (SSSR count). The van der Waals surface area contributed by atoms with Crippen LogP contribution in [0.5, 0.6) is 0 Å². The van der Waals surface area contributed by atoms with Crippen LogP contribution >= 0.6 is 11.8 Å². The molecule has 0 spiro atoms. The predicted molar refractivity (Wildman–Crippen MR) is 110 cm³/mol. The molecule has 3 aromatic heterocycles. The zero-order valence-electron chi connectivity index (χ0n) is 15.9. The van der Waals surface area contributed by atoms with Crippen molar-refractivity contribution in [3.05, 3.63) is 70.9 Å².